The van der Waals surface area contributed by atoms with Crippen molar-refractivity contribution in [2.24, 2.45) is 0 Å². The van der Waals surface area contributed by atoms with Crippen molar-refractivity contribution in [1.82, 2.24) is 0 Å². The van der Waals surface area contributed by atoms with Gasteiger partial charge >= 0.3 is 29.6 Å². The van der Waals surface area contributed by atoms with E-state index in [1.54, 1.807) is 0 Å². The van der Waals surface area contributed by atoms with Crippen molar-refractivity contribution in [3.8, 4) is 0 Å². The predicted octanol–water partition coefficient (Wildman–Crippen LogP) is 3.72. The maximum atomic E-state index is 10.5. The first-order valence-corrected chi connectivity index (χ1v) is 13.6. The maximum absolute atomic E-state index is 10.5. The van der Waals surface area contributed by atoms with Crippen LogP contribution < -0.4 is 29.6 Å². The van der Waals surface area contributed by atoms with E-state index in [1.807, 2.05) is 0 Å². The number of aliphatic hydroxyl groups excluding tert-OH is 1. The van der Waals surface area contributed by atoms with Crippen LogP contribution in [-0.4, -0.2) is 29.9 Å². The second-order valence-corrected chi connectivity index (χ2v) is 10.0. The Morgan fingerprint density at radius 3 is 1.28 bits per heavy atom. The van der Waals surface area contributed by atoms with E-state index in [2.05, 4.69) is 6.92 Å². The van der Waals surface area contributed by atoms with E-state index < -0.39 is 10.1 Å². The minimum Gasteiger partial charge on any atom is -0.748 e. The Morgan fingerprint density at radius 2 is 0.931 bits per heavy atom. The molecule has 0 heterocycles. The fourth-order valence-electron chi connectivity index (χ4n) is 3.73. The van der Waals surface area contributed by atoms with Gasteiger partial charge in [0, 0.05) is 5.75 Å². The van der Waals surface area contributed by atoms with E-state index in [0.29, 0.717) is 6.42 Å². The van der Waals surface area contributed by atoms with Gasteiger partial charge in [-0.05, 0) is 19.3 Å². The zero-order valence-electron chi connectivity index (χ0n) is 19.5. The Balaban J connectivity index is 0. The summed E-state index contributed by atoms with van der Waals surface area (Å²) >= 11 is 0. The van der Waals surface area contributed by atoms with Crippen LogP contribution in [0, 0.1) is 0 Å². The average molecular weight is 443 g/mol. The van der Waals surface area contributed by atoms with E-state index >= 15 is 0 Å². The molecule has 29 heavy (non-hydrogen) atoms. The third-order valence-electron chi connectivity index (χ3n) is 5.57. The SMILES string of the molecule is CCCCCCCCCCCC(O)CCCCCCCCCCCS(=O)(=O)[O-].[Na+]. The Morgan fingerprint density at radius 1 is 0.621 bits per heavy atom. The standard InChI is InChI=1S/C23H48O4S.Na/c1-2-3-4-5-6-8-11-14-17-20-23(24)21-18-15-12-9-7-10-13-16-19-22-28(25,26)27;/h23-24H,2-22H2,1H3,(H,25,26,27);/q;+1/p-1. The zero-order chi connectivity index (χ0) is 20.9. The van der Waals surface area contributed by atoms with Gasteiger partial charge in [0.1, 0.15) is 0 Å². The summed E-state index contributed by atoms with van der Waals surface area (Å²) in [6.45, 7) is 2.26. The molecule has 1 atom stereocenters. The van der Waals surface area contributed by atoms with Crippen molar-refractivity contribution in [1.29, 1.82) is 0 Å². The van der Waals surface area contributed by atoms with E-state index in [-0.39, 0.29) is 41.4 Å². The molecule has 0 amide bonds. The molecule has 0 aromatic heterocycles. The first-order chi connectivity index (χ1) is 13.5. The van der Waals surface area contributed by atoms with Crippen LogP contribution in [0.15, 0.2) is 0 Å². The molecule has 4 nitrogen and oxygen atoms in total. The third kappa shape index (κ3) is 28.9. The second kappa shape index (κ2) is 23.5. The molecule has 0 aliphatic carbocycles. The summed E-state index contributed by atoms with van der Waals surface area (Å²) in [7, 11) is -4.02. The molecule has 0 aromatic carbocycles. The summed E-state index contributed by atoms with van der Waals surface area (Å²) in [5.74, 6) is -0.214. The van der Waals surface area contributed by atoms with Crippen LogP contribution in [0.25, 0.3) is 0 Å². The van der Waals surface area contributed by atoms with Crippen molar-refractivity contribution >= 4 is 10.1 Å². The number of rotatable bonds is 22. The molecule has 170 valence electrons. The van der Waals surface area contributed by atoms with Crippen LogP contribution in [0.1, 0.15) is 135 Å². The van der Waals surface area contributed by atoms with Gasteiger partial charge in [0.05, 0.1) is 16.2 Å². The average Bonchev–Trinajstić information content (AvgIpc) is 2.64. The largest absolute Gasteiger partial charge is 1.00 e. The van der Waals surface area contributed by atoms with Crippen molar-refractivity contribution in [3.05, 3.63) is 0 Å². The quantitative estimate of drug-likeness (QED) is 0.157. The monoisotopic (exact) mass is 442 g/mol. The minimum atomic E-state index is -4.02. The van der Waals surface area contributed by atoms with Gasteiger partial charge in [0.2, 0.25) is 0 Å². The normalized spacial score (nSPS) is 12.7. The molecule has 0 spiro atoms. The van der Waals surface area contributed by atoms with Gasteiger partial charge in [-0.15, -0.1) is 0 Å². The smallest absolute Gasteiger partial charge is 0.748 e. The molecular weight excluding hydrogens is 395 g/mol. The van der Waals surface area contributed by atoms with Crippen LogP contribution in [0.4, 0.5) is 0 Å². The number of hydrogen-bond donors (Lipinski definition) is 1. The topological polar surface area (TPSA) is 77.4 Å². The zero-order valence-corrected chi connectivity index (χ0v) is 22.3. The summed E-state index contributed by atoms with van der Waals surface area (Å²) < 4.78 is 31.4. The van der Waals surface area contributed by atoms with Crippen LogP contribution in [0.5, 0.6) is 0 Å². The molecule has 1 N–H and O–H groups in total. The van der Waals surface area contributed by atoms with E-state index in [1.165, 1.54) is 83.5 Å². The minimum absolute atomic E-state index is 0. The van der Waals surface area contributed by atoms with Gasteiger partial charge in [-0.1, -0.05) is 116 Å². The molecule has 0 aromatic rings. The maximum Gasteiger partial charge on any atom is 1.00 e. The van der Waals surface area contributed by atoms with Gasteiger partial charge in [-0.3, -0.25) is 0 Å². The van der Waals surface area contributed by atoms with Crippen molar-refractivity contribution in [2.45, 2.75) is 141 Å². The van der Waals surface area contributed by atoms with Gasteiger partial charge in [0.15, 0.2) is 0 Å². The van der Waals surface area contributed by atoms with Crippen LogP contribution in [0.3, 0.4) is 0 Å². The Hall–Kier alpha value is 0.870. The third-order valence-corrected chi connectivity index (χ3v) is 6.36. The fraction of sp³-hybridized carbons (Fsp3) is 1.00. The summed E-state index contributed by atoms with van der Waals surface area (Å²) in [5.41, 5.74) is 0. The van der Waals surface area contributed by atoms with Crippen molar-refractivity contribution < 1.29 is 47.6 Å². The van der Waals surface area contributed by atoms with Crippen molar-refractivity contribution in [2.75, 3.05) is 5.75 Å². The van der Waals surface area contributed by atoms with Crippen LogP contribution >= 0.6 is 0 Å². The van der Waals surface area contributed by atoms with Crippen LogP contribution in [0.2, 0.25) is 0 Å². The summed E-state index contributed by atoms with van der Waals surface area (Å²) in [4.78, 5) is 0. The number of aliphatic hydroxyl groups is 1. The first kappa shape index (κ1) is 32.1. The van der Waals surface area contributed by atoms with E-state index in [0.717, 1.165) is 38.5 Å². The molecule has 0 bridgehead atoms. The summed E-state index contributed by atoms with van der Waals surface area (Å²) in [6.07, 6.45) is 23.2. The van der Waals surface area contributed by atoms with E-state index in [9.17, 15) is 18.1 Å². The Bertz CT molecular complexity index is 415. The summed E-state index contributed by atoms with van der Waals surface area (Å²) in [6, 6.07) is 0. The molecule has 0 saturated heterocycles. The van der Waals surface area contributed by atoms with Crippen molar-refractivity contribution in [3.63, 3.8) is 0 Å². The van der Waals surface area contributed by atoms with Gasteiger partial charge in [0.25, 0.3) is 0 Å². The molecule has 1 unspecified atom stereocenters. The number of unbranched alkanes of at least 4 members (excludes halogenated alkanes) is 16. The predicted molar refractivity (Wildman–Crippen MR) is 119 cm³/mol. The van der Waals surface area contributed by atoms with Gasteiger partial charge in [-0.25, -0.2) is 8.42 Å². The first-order valence-electron chi connectivity index (χ1n) is 12.1. The molecule has 0 saturated carbocycles. The molecule has 0 fully saturated rings. The Labute approximate surface area is 204 Å². The van der Waals surface area contributed by atoms with E-state index in [4.69, 9.17) is 0 Å². The second-order valence-electron chi connectivity index (χ2n) is 8.50. The number of hydrogen-bond acceptors (Lipinski definition) is 4. The van der Waals surface area contributed by atoms with Gasteiger partial charge < -0.3 is 9.66 Å². The molecule has 0 radical (unpaired) electrons. The van der Waals surface area contributed by atoms with Gasteiger partial charge in [-0.2, -0.15) is 0 Å². The molecule has 0 aliphatic rings. The fourth-order valence-corrected chi connectivity index (χ4v) is 4.29. The molecule has 0 rings (SSSR count). The van der Waals surface area contributed by atoms with Crippen LogP contribution in [-0.2, 0) is 10.1 Å². The molecule has 0 aliphatic heterocycles. The molecule has 6 heteroatoms. The Kier molecular flexibility index (Phi) is 26.0. The summed E-state index contributed by atoms with van der Waals surface area (Å²) in [5, 5.41) is 10.1. The molecular formula is C23H47NaO4S.